The minimum absolute atomic E-state index is 0. The molecule has 6 heteroatoms. The number of piperidine rings is 1. The summed E-state index contributed by atoms with van der Waals surface area (Å²) >= 11 is 0. The monoisotopic (exact) mass is 438 g/mol. The molecule has 0 radical (unpaired) electrons. The second kappa shape index (κ2) is 12.3. The summed E-state index contributed by atoms with van der Waals surface area (Å²) in [7, 11) is 1.78. The number of ether oxygens (including phenoxy) is 1. The van der Waals surface area contributed by atoms with Gasteiger partial charge in [-0.15, -0.1) is 24.0 Å². The van der Waals surface area contributed by atoms with Crippen molar-refractivity contribution in [3.05, 3.63) is 0 Å². The summed E-state index contributed by atoms with van der Waals surface area (Å²) in [6, 6.07) is 0.567. The molecule has 0 amide bonds. The fraction of sp³-hybridized carbons (Fsp3) is 0.941. The van der Waals surface area contributed by atoms with Crippen molar-refractivity contribution in [3.63, 3.8) is 0 Å². The van der Waals surface area contributed by atoms with E-state index in [1.54, 1.807) is 7.11 Å². The van der Waals surface area contributed by atoms with Crippen molar-refractivity contribution in [3.8, 4) is 0 Å². The second-order valence-electron chi connectivity index (χ2n) is 6.60. The lowest BCUT2D eigenvalue weighted by atomic mass is 10.1. The van der Waals surface area contributed by atoms with Gasteiger partial charge in [-0.05, 0) is 38.5 Å². The van der Waals surface area contributed by atoms with Crippen molar-refractivity contribution >= 4 is 29.9 Å². The van der Waals surface area contributed by atoms with Crippen LogP contribution in [0.25, 0.3) is 0 Å². The molecular weight excluding hydrogens is 403 g/mol. The predicted molar refractivity (Wildman–Crippen MR) is 108 cm³/mol. The van der Waals surface area contributed by atoms with E-state index in [1.807, 2.05) is 0 Å². The largest absolute Gasteiger partial charge is 0.385 e. The number of likely N-dealkylation sites (tertiary alicyclic amines) is 1. The molecule has 1 aliphatic carbocycles. The third kappa shape index (κ3) is 9.10. The van der Waals surface area contributed by atoms with Crippen LogP contribution in [0, 0.1) is 5.92 Å². The number of rotatable bonds is 9. The van der Waals surface area contributed by atoms with Crippen LogP contribution in [0.15, 0.2) is 4.99 Å². The van der Waals surface area contributed by atoms with Gasteiger partial charge in [-0.25, -0.2) is 0 Å². The molecule has 136 valence electrons. The Bertz CT molecular complexity index is 329. The SMILES string of the molecule is CCNC(=NCCC1CC1)NC1CCN(CCCOC)CC1.I. The number of aliphatic imine (C=N–C) groups is 1. The first-order valence-electron chi connectivity index (χ1n) is 9.08. The fourth-order valence-corrected chi connectivity index (χ4v) is 3.01. The topological polar surface area (TPSA) is 48.9 Å². The number of nitrogens with one attached hydrogen (secondary N) is 2. The minimum atomic E-state index is 0. The van der Waals surface area contributed by atoms with Crippen LogP contribution in [0.5, 0.6) is 0 Å². The second-order valence-corrected chi connectivity index (χ2v) is 6.60. The Kier molecular flexibility index (Phi) is 11.2. The van der Waals surface area contributed by atoms with Crippen LogP contribution < -0.4 is 10.6 Å². The van der Waals surface area contributed by atoms with E-state index in [1.165, 1.54) is 45.2 Å². The molecule has 2 rings (SSSR count). The lowest BCUT2D eigenvalue weighted by Gasteiger charge is -2.33. The van der Waals surface area contributed by atoms with E-state index < -0.39 is 0 Å². The Balaban J connectivity index is 0.00000264. The smallest absolute Gasteiger partial charge is 0.191 e. The highest BCUT2D eigenvalue weighted by Gasteiger charge is 2.21. The Morgan fingerprint density at radius 2 is 1.96 bits per heavy atom. The summed E-state index contributed by atoms with van der Waals surface area (Å²) in [6.07, 6.45) is 7.65. The molecule has 23 heavy (non-hydrogen) atoms. The average Bonchev–Trinajstić information content (AvgIpc) is 3.34. The van der Waals surface area contributed by atoms with Crippen molar-refractivity contribution in [1.82, 2.24) is 15.5 Å². The molecule has 1 saturated carbocycles. The van der Waals surface area contributed by atoms with Gasteiger partial charge in [0.15, 0.2) is 5.96 Å². The first-order valence-corrected chi connectivity index (χ1v) is 9.08. The summed E-state index contributed by atoms with van der Waals surface area (Å²) in [4.78, 5) is 7.28. The summed E-state index contributed by atoms with van der Waals surface area (Å²) in [5.41, 5.74) is 0. The van der Waals surface area contributed by atoms with E-state index in [9.17, 15) is 0 Å². The average molecular weight is 438 g/mol. The Morgan fingerprint density at radius 1 is 1.22 bits per heavy atom. The molecule has 1 saturated heterocycles. The standard InChI is InChI=1S/C17H34N4O.HI/c1-3-18-17(19-10-7-15-5-6-15)20-16-8-12-21(13-9-16)11-4-14-22-2;/h15-16H,3-14H2,1-2H3,(H2,18,19,20);1H. The third-order valence-electron chi connectivity index (χ3n) is 4.60. The minimum Gasteiger partial charge on any atom is -0.385 e. The van der Waals surface area contributed by atoms with Crippen LogP contribution in [-0.4, -0.2) is 63.3 Å². The zero-order valence-electron chi connectivity index (χ0n) is 14.9. The van der Waals surface area contributed by atoms with Crippen LogP contribution in [0.3, 0.4) is 0 Å². The highest BCUT2D eigenvalue weighted by molar-refractivity contribution is 14.0. The fourth-order valence-electron chi connectivity index (χ4n) is 3.01. The summed E-state index contributed by atoms with van der Waals surface area (Å²) in [5.74, 6) is 1.97. The van der Waals surface area contributed by atoms with Gasteiger partial charge >= 0.3 is 0 Å². The maximum atomic E-state index is 5.13. The van der Waals surface area contributed by atoms with Crippen molar-refractivity contribution in [1.29, 1.82) is 0 Å². The molecule has 0 aromatic carbocycles. The molecule has 0 aromatic rings. The zero-order chi connectivity index (χ0) is 15.6. The number of hydrogen-bond acceptors (Lipinski definition) is 3. The van der Waals surface area contributed by atoms with Crippen LogP contribution in [0.2, 0.25) is 0 Å². The lowest BCUT2D eigenvalue weighted by Crippen LogP contribution is -2.48. The molecular formula is C17H35IN4O. The van der Waals surface area contributed by atoms with Gasteiger partial charge in [0.1, 0.15) is 0 Å². The van der Waals surface area contributed by atoms with Gasteiger partial charge in [-0.1, -0.05) is 12.8 Å². The van der Waals surface area contributed by atoms with Crippen LogP contribution in [0.4, 0.5) is 0 Å². The van der Waals surface area contributed by atoms with Gasteiger partial charge in [0.2, 0.25) is 0 Å². The molecule has 2 aliphatic rings. The van der Waals surface area contributed by atoms with E-state index >= 15 is 0 Å². The number of methoxy groups -OCH3 is 1. The predicted octanol–water partition coefficient (Wildman–Crippen LogP) is 2.46. The molecule has 0 spiro atoms. The van der Waals surface area contributed by atoms with Gasteiger partial charge in [-0.2, -0.15) is 0 Å². The lowest BCUT2D eigenvalue weighted by molar-refractivity contribution is 0.155. The number of halogens is 1. The molecule has 1 aliphatic heterocycles. The maximum Gasteiger partial charge on any atom is 0.191 e. The first-order chi connectivity index (χ1) is 10.8. The normalized spacial score (nSPS) is 20.2. The van der Waals surface area contributed by atoms with Crippen molar-refractivity contribution in [2.75, 3.05) is 46.4 Å². The van der Waals surface area contributed by atoms with Crippen LogP contribution in [-0.2, 0) is 4.74 Å². The molecule has 0 unspecified atom stereocenters. The quantitative estimate of drug-likeness (QED) is 0.251. The van der Waals surface area contributed by atoms with Crippen LogP contribution >= 0.6 is 24.0 Å². The van der Waals surface area contributed by atoms with E-state index in [4.69, 9.17) is 9.73 Å². The van der Waals surface area contributed by atoms with E-state index in [0.717, 1.165) is 44.5 Å². The Morgan fingerprint density at radius 3 is 2.57 bits per heavy atom. The van der Waals surface area contributed by atoms with E-state index in [0.29, 0.717) is 6.04 Å². The number of guanidine groups is 1. The molecule has 0 atom stereocenters. The molecule has 0 bridgehead atoms. The summed E-state index contributed by atoms with van der Waals surface area (Å²) < 4.78 is 5.13. The highest BCUT2D eigenvalue weighted by atomic mass is 127. The summed E-state index contributed by atoms with van der Waals surface area (Å²) in [5, 5.41) is 7.01. The van der Waals surface area contributed by atoms with E-state index in [2.05, 4.69) is 22.5 Å². The molecule has 0 aromatic heterocycles. The van der Waals surface area contributed by atoms with Crippen molar-refractivity contribution in [2.24, 2.45) is 10.9 Å². The van der Waals surface area contributed by atoms with Crippen molar-refractivity contribution in [2.45, 2.75) is 51.5 Å². The molecule has 1 heterocycles. The van der Waals surface area contributed by atoms with Gasteiger partial charge in [0, 0.05) is 52.5 Å². The summed E-state index contributed by atoms with van der Waals surface area (Å²) in [6.45, 7) is 8.44. The Labute approximate surface area is 159 Å². The third-order valence-corrected chi connectivity index (χ3v) is 4.60. The van der Waals surface area contributed by atoms with Crippen molar-refractivity contribution < 1.29 is 4.74 Å². The van der Waals surface area contributed by atoms with Gasteiger partial charge in [-0.3, -0.25) is 4.99 Å². The van der Waals surface area contributed by atoms with Crippen LogP contribution in [0.1, 0.15) is 45.4 Å². The van der Waals surface area contributed by atoms with E-state index in [-0.39, 0.29) is 24.0 Å². The molecule has 2 fully saturated rings. The zero-order valence-corrected chi connectivity index (χ0v) is 17.2. The maximum absolute atomic E-state index is 5.13. The molecule has 2 N–H and O–H groups in total. The van der Waals surface area contributed by atoms with Gasteiger partial charge in [0.25, 0.3) is 0 Å². The first kappa shape index (κ1) is 21.0. The molecule has 5 nitrogen and oxygen atoms in total. The van der Waals surface area contributed by atoms with Gasteiger partial charge < -0.3 is 20.3 Å². The number of nitrogens with zero attached hydrogens (tertiary/aromatic N) is 2. The number of hydrogen-bond donors (Lipinski definition) is 2. The van der Waals surface area contributed by atoms with Gasteiger partial charge in [0.05, 0.1) is 0 Å². The highest BCUT2D eigenvalue weighted by Crippen LogP contribution is 2.32. The Hall–Kier alpha value is -0.0800.